The van der Waals surface area contributed by atoms with E-state index >= 15 is 0 Å². The maximum atomic E-state index is 12.3. The molecule has 0 radical (unpaired) electrons. The number of nitrogens with one attached hydrogen (secondary N) is 1. The Morgan fingerprint density at radius 3 is 2.73 bits per heavy atom. The predicted octanol–water partition coefficient (Wildman–Crippen LogP) is 3.08. The van der Waals surface area contributed by atoms with E-state index < -0.39 is 0 Å². The zero-order valence-electron chi connectivity index (χ0n) is 13.8. The second-order valence-electron chi connectivity index (χ2n) is 5.78. The Balaban J connectivity index is 1.54. The van der Waals surface area contributed by atoms with Gasteiger partial charge in [-0.25, -0.2) is 5.43 Å². The van der Waals surface area contributed by atoms with Crippen molar-refractivity contribution in [3.63, 3.8) is 0 Å². The molecule has 2 N–H and O–H groups in total. The molecule has 1 amide bonds. The van der Waals surface area contributed by atoms with Crippen molar-refractivity contribution in [2.45, 2.75) is 0 Å². The number of hydrogen-bond acceptors (Lipinski definition) is 5. The normalized spacial score (nSPS) is 13.1. The van der Waals surface area contributed by atoms with Gasteiger partial charge in [0.2, 0.25) is 0 Å². The average molecular weight is 348 g/mol. The number of ether oxygens (including phenoxy) is 2. The summed E-state index contributed by atoms with van der Waals surface area (Å²) in [6.45, 7) is 0.952. The van der Waals surface area contributed by atoms with E-state index in [-0.39, 0.29) is 11.7 Å². The molecule has 0 atom stereocenters. The molecule has 0 saturated carbocycles. The first-order valence-electron chi connectivity index (χ1n) is 8.16. The molecule has 0 fully saturated rings. The zero-order chi connectivity index (χ0) is 17.9. The fourth-order valence-corrected chi connectivity index (χ4v) is 2.82. The molecule has 130 valence electrons. The Kier molecular flexibility index (Phi) is 4.15. The lowest BCUT2D eigenvalue weighted by Gasteiger charge is -2.18. The topological polar surface area (TPSA) is 80.2 Å². The van der Waals surface area contributed by atoms with Crippen LogP contribution in [0.3, 0.4) is 0 Å². The van der Waals surface area contributed by atoms with Crippen molar-refractivity contribution in [2.75, 3.05) is 13.2 Å². The van der Waals surface area contributed by atoms with Gasteiger partial charge in [-0.2, -0.15) is 5.10 Å². The van der Waals surface area contributed by atoms with Gasteiger partial charge < -0.3 is 14.6 Å². The smallest absolute Gasteiger partial charge is 0.271 e. The predicted molar refractivity (Wildman–Crippen MR) is 98.1 cm³/mol. The molecule has 3 aromatic rings. The summed E-state index contributed by atoms with van der Waals surface area (Å²) in [7, 11) is 0. The van der Waals surface area contributed by atoms with E-state index in [1.54, 1.807) is 24.3 Å². The van der Waals surface area contributed by atoms with E-state index in [2.05, 4.69) is 10.5 Å². The minimum atomic E-state index is -0.377. The van der Waals surface area contributed by atoms with Gasteiger partial charge >= 0.3 is 0 Å². The summed E-state index contributed by atoms with van der Waals surface area (Å²) in [4.78, 5) is 12.3. The SMILES string of the molecule is O=C(N/N=C/c1c(O)ccc2ccccc12)c1ccc2c(c1)OCCO2. The molecule has 0 aliphatic carbocycles. The van der Waals surface area contributed by atoms with Crippen LogP contribution < -0.4 is 14.9 Å². The number of carbonyl (C=O) groups excluding carboxylic acids is 1. The number of hydrogen-bond donors (Lipinski definition) is 2. The molecule has 3 aromatic carbocycles. The number of phenolic OH excluding ortho intramolecular Hbond substituents is 1. The lowest BCUT2D eigenvalue weighted by Crippen LogP contribution is -2.19. The van der Waals surface area contributed by atoms with Crippen LogP contribution in [0.25, 0.3) is 10.8 Å². The standard InChI is InChI=1S/C20H16N2O4/c23-17-7-5-13-3-1-2-4-15(13)16(17)12-21-22-20(24)14-6-8-18-19(11-14)26-10-9-25-18/h1-8,11-12,23H,9-10H2,(H,22,24)/b21-12+. The third-order valence-corrected chi connectivity index (χ3v) is 4.11. The Hall–Kier alpha value is -3.54. The van der Waals surface area contributed by atoms with E-state index in [0.29, 0.717) is 35.8 Å². The van der Waals surface area contributed by atoms with Crippen molar-refractivity contribution in [3.8, 4) is 17.2 Å². The minimum Gasteiger partial charge on any atom is -0.507 e. The molecule has 0 aromatic heterocycles. The van der Waals surface area contributed by atoms with E-state index in [1.165, 1.54) is 6.21 Å². The lowest BCUT2D eigenvalue weighted by atomic mass is 10.0. The summed E-state index contributed by atoms with van der Waals surface area (Å²) >= 11 is 0. The van der Waals surface area contributed by atoms with Crippen LogP contribution in [0.2, 0.25) is 0 Å². The molecule has 4 rings (SSSR count). The van der Waals surface area contributed by atoms with Crippen molar-refractivity contribution in [3.05, 3.63) is 65.7 Å². The summed E-state index contributed by atoms with van der Waals surface area (Å²) in [5.41, 5.74) is 3.43. The molecular weight excluding hydrogens is 332 g/mol. The number of amides is 1. The Bertz CT molecular complexity index is 1010. The first kappa shape index (κ1) is 16.0. The molecule has 1 heterocycles. The van der Waals surface area contributed by atoms with Crippen molar-refractivity contribution in [1.82, 2.24) is 5.43 Å². The summed E-state index contributed by atoms with van der Waals surface area (Å²) in [5, 5.41) is 15.9. The Labute approximate surface area is 149 Å². The highest BCUT2D eigenvalue weighted by Gasteiger charge is 2.14. The number of rotatable bonds is 3. The molecule has 6 nitrogen and oxygen atoms in total. The molecule has 1 aliphatic rings. The quantitative estimate of drug-likeness (QED) is 0.563. The van der Waals surface area contributed by atoms with Crippen molar-refractivity contribution in [1.29, 1.82) is 0 Å². The number of benzene rings is 3. The van der Waals surface area contributed by atoms with Gasteiger partial charge in [-0.1, -0.05) is 30.3 Å². The Morgan fingerprint density at radius 2 is 1.85 bits per heavy atom. The summed E-state index contributed by atoms with van der Waals surface area (Å²) in [6.07, 6.45) is 1.44. The maximum absolute atomic E-state index is 12.3. The highest BCUT2D eigenvalue weighted by atomic mass is 16.6. The highest BCUT2D eigenvalue weighted by Crippen LogP contribution is 2.30. The van der Waals surface area contributed by atoms with Crippen LogP contribution >= 0.6 is 0 Å². The Morgan fingerprint density at radius 1 is 1.04 bits per heavy atom. The first-order valence-corrected chi connectivity index (χ1v) is 8.16. The van der Waals surface area contributed by atoms with Gasteiger partial charge in [0.25, 0.3) is 5.91 Å². The monoisotopic (exact) mass is 348 g/mol. The molecule has 26 heavy (non-hydrogen) atoms. The number of fused-ring (bicyclic) bond motifs is 2. The summed E-state index contributed by atoms with van der Waals surface area (Å²) in [6, 6.07) is 16.0. The van der Waals surface area contributed by atoms with E-state index in [9.17, 15) is 9.90 Å². The average Bonchev–Trinajstić information content (AvgIpc) is 2.69. The number of aromatic hydroxyl groups is 1. The van der Waals surface area contributed by atoms with Gasteiger partial charge in [0, 0.05) is 11.1 Å². The number of nitrogens with zero attached hydrogens (tertiary/aromatic N) is 1. The van der Waals surface area contributed by atoms with E-state index in [4.69, 9.17) is 9.47 Å². The van der Waals surface area contributed by atoms with Crippen LogP contribution in [0.4, 0.5) is 0 Å². The zero-order valence-corrected chi connectivity index (χ0v) is 13.8. The summed E-state index contributed by atoms with van der Waals surface area (Å²) < 4.78 is 10.9. The second kappa shape index (κ2) is 6.76. The van der Waals surface area contributed by atoms with Crippen molar-refractivity contribution >= 4 is 22.9 Å². The molecule has 0 bridgehead atoms. The van der Waals surface area contributed by atoms with Crippen LogP contribution in [0.15, 0.2) is 59.7 Å². The van der Waals surface area contributed by atoms with Gasteiger partial charge in [-0.05, 0) is 35.0 Å². The third-order valence-electron chi connectivity index (χ3n) is 4.11. The highest BCUT2D eigenvalue weighted by molar-refractivity contribution is 6.03. The fourth-order valence-electron chi connectivity index (χ4n) is 2.82. The van der Waals surface area contributed by atoms with Gasteiger partial charge in [0.1, 0.15) is 19.0 Å². The minimum absolute atomic E-state index is 0.0982. The van der Waals surface area contributed by atoms with E-state index in [1.807, 2.05) is 30.3 Å². The molecular formula is C20H16N2O4. The van der Waals surface area contributed by atoms with Gasteiger partial charge in [-0.3, -0.25) is 4.79 Å². The second-order valence-corrected chi connectivity index (χ2v) is 5.78. The third kappa shape index (κ3) is 3.04. The summed E-state index contributed by atoms with van der Waals surface area (Å²) in [5.74, 6) is 0.885. The molecule has 0 unspecified atom stereocenters. The molecule has 6 heteroatoms. The number of carbonyl (C=O) groups is 1. The van der Waals surface area contributed by atoms with Crippen molar-refractivity contribution in [2.24, 2.45) is 5.10 Å². The largest absolute Gasteiger partial charge is 0.507 e. The maximum Gasteiger partial charge on any atom is 0.271 e. The first-order chi connectivity index (χ1) is 12.7. The lowest BCUT2D eigenvalue weighted by molar-refractivity contribution is 0.0954. The number of hydrazone groups is 1. The van der Waals surface area contributed by atoms with Crippen LogP contribution in [-0.4, -0.2) is 30.4 Å². The number of phenols is 1. The van der Waals surface area contributed by atoms with Gasteiger partial charge in [-0.15, -0.1) is 0 Å². The molecule has 1 aliphatic heterocycles. The van der Waals surface area contributed by atoms with Crippen LogP contribution in [-0.2, 0) is 0 Å². The molecule has 0 saturated heterocycles. The van der Waals surface area contributed by atoms with Crippen LogP contribution in [0, 0.1) is 0 Å². The van der Waals surface area contributed by atoms with Crippen molar-refractivity contribution < 1.29 is 19.4 Å². The van der Waals surface area contributed by atoms with Gasteiger partial charge in [0.15, 0.2) is 11.5 Å². The molecule has 0 spiro atoms. The van der Waals surface area contributed by atoms with Gasteiger partial charge in [0.05, 0.1) is 6.21 Å². The van der Waals surface area contributed by atoms with Crippen LogP contribution in [0.1, 0.15) is 15.9 Å². The van der Waals surface area contributed by atoms with Crippen LogP contribution in [0.5, 0.6) is 17.2 Å². The van der Waals surface area contributed by atoms with E-state index in [0.717, 1.165) is 10.8 Å². The fraction of sp³-hybridized carbons (Fsp3) is 0.100.